The van der Waals surface area contributed by atoms with E-state index in [0.717, 1.165) is 34.1 Å². The Labute approximate surface area is 298 Å². The Morgan fingerprint density at radius 2 is 0.647 bits per heavy atom. The fourth-order valence-corrected chi connectivity index (χ4v) is 7.19. The number of anilines is 6. The second kappa shape index (κ2) is 13.2. The fourth-order valence-electron chi connectivity index (χ4n) is 7.19. The van der Waals surface area contributed by atoms with Crippen LogP contribution in [0.5, 0.6) is 0 Å². The quantitative estimate of drug-likeness (QED) is 0.162. The summed E-state index contributed by atoms with van der Waals surface area (Å²) in [6.45, 7) is 0. The van der Waals surface area contributed by atoms with Gasteiger partial charge in [0.2, 0.25) is 0 Å². The smallest absolute Gasteiger partial charge is 0.0541 e. The van der Waals surface area contributed by atoms with Gasteiger partial charge < -0.3 is 14.4 Å². The molecule has 1 heterocycles. The molecule has 0 aliphatic carbocycles. The Morgan fingerprint density at radius 1 is 0.275 bits per heavy atom. The number of rotatable bonds is 8. The van der Waals surface area contributed by atoms with E-state index in [9.17, 15) is 0 Å². The van der Waals surface area contributed by atoms with E-state index in [2.05, 4.69) is 227 Å². The second-order valence-electron chi connectivity index (χ2n) is 12.7. The van der Waals surface area contributed by atoms with Gasteiger partial charge in [0, 0.05) is 50.6 Å². The van der Waals surface area contributed by atoms with Crippen LogP contribution in [0.2, 0.25) is 0 Å². The summed E-state index contributed by atoms with van der Waals surface area (Å²) in [5.74, 6) is 0. The van der Waals surface area contributed by atoms with Gasteiger partial charge in [0.15, 0.2) is 0 Å². The third-order valence-electron chi connectivity index (χ3n) is 9.56. The van der Waals surface area contributed by atoms with Gasteiger partial charge in [-0.1, -0.05) is 109 Å². The Bertz CT molecular complexity index is 2500. The van der Waals surface area contributed by atoms with Crippen molar-refractivity contribution in [1.29, 1.82) is 0 Å². The maximum atomic E-state index is 2.36. The lowest BCUT2D eigenvalue weighted by Crippen LogP contribution is -2.12. The third kappa shape index (κ3) is 5.71. The van der Waals surface area contributed by atoms with Crippen LogP contribution in [-0.2, 0) is 0 Å². The third-order valence-corrected chi connectivity index (χ3v) is 9.56. The van der Waals surface area contributed by atoms with E-state index < -0.39 is 0 Å². The molecular formula is C48H35N3. The molecule has 3 nitrogen and oxygen atoms in total. The number of fused-ring (bicyclic) bond motifs is 3. The van der Waals surface area contributed by atoms with E-state index in [1.165, 1.54) is 38.6 Å². The Morgan fingerprint density at radius 3 is 1.16 bits per heavy atom. The van der Waals surface area contributed by atoms with E-state index >= 15 is 0 Å². The zero-order chi connectivity index (χ0) is 34.0. The van der Waals surface area contributed by atoms with Crippen LogP contribution in [0.3, 0.4) is 0 Å². The van der Waals surface area contributed by atoms with Crippen LogP contribution < -0.4 is 9.80 Å². The van der Waals surface area contributed by atoms with E-state index in [4.69, 9.17) is 0 Å². The highest BCUT2D eigenvalue weighted by Crippen LogP contribution is 2.40. The molecule has 0 bridgehead atoms. The Balaban J connectivity index is 1.08. The normalized spacial score (nSPS) is 11.1. The van der Waals surface area contributed by atoms with E-state index in [1.807, 2.05) is 0 Å². The van der Waals surface area contributed by atoms with Crippen molar-refractivity contribution in [3.63, 3.8) is 0 Å². The van der Waals surface area contributed by atoms with Crippen LogP contribution in [0, 0.1) is 0 Å². The summed E-state index contributed by atoms with van der Waals surface area (Å²) in [6, 6.07) is 75.6. The van der Waals surface area contributed by atoms with Crippen LogP contribution >= 0.6 is 0 Å². The maximum absolute atomic E-state index is 2.36. The summed E-state index contributed by atoms with van der Waals surface area (Å²) in [5.41, 5.74) is 12.6. The summed E-state index contributed by atoms with van der Waals surface area (Å²) < 4.78 is 2.36. The van der Waals surface area contributed by atoms with Crippen LogP contribution in [0.4, 0.5) is 34.1 Å². The molecule has 0 fully saturated rings. The van der Waals surface area contributed by atoms with Gasteiger partial charge in [-0.2, -0.15) is 0 Å². The number of hydrogen-bond donors (Lipinski definition) is 0. The largest absolute Gasteiger partial charge is 0.311 e. The number of aromatic nitrogens is 1. The minimum Gasteiger partial charge on any atom is -0.311 e. The summed E-state index contributed by atoms with van der Waals surface area (Å²) in [6.07, 6.45) is 0. The monoisotopic (exact) mass is 653 g/mol. The zero-order valence-corrected chi connectivity index (χ0v) is 28.0. The standard InChI is InChI=1S/C48H35N3/c1-5-15-38(16-6-1)49(39-17-7-2-8-18-39)43-30-32-44(33-31-43)50(40-19-9-3-10-20-40)42-28-25-36(26-29-42)37-27-34-48-46(35-37)45-23-13-14-24-47(45)51(48)41-21-11-4-12-22-41/h1-35H. The molecule has 0 aliphatic heterocycles. The SMILES string of the molecule is c1ccc(N(c2ccccc2)c2ccc(N(c3ccccc3)c3ccc(-c4ccc5c(c4)c4ccccc4n5-c4ccccc4)cc3)cc2)cc1. The topological polar surface area (TPSA) is 11.4 Å². The average molecular weight is 654 g/mol. The van der Waals surface area contributed by atoms with Gasteiger partial charge in [-0.05, 0) is 114 Å². The maximum Gasteiger partial charge on any atom is 0.0541 e. The summed E-state index contributed by atoms with van der Waals surface area (Å²) in [4.78, 5) is 4.61. The molecule has 9 aromatic rings. The Kier molecular flexibility index (Phi) is 7.84. The van der Waals surface area contributed by atoms with Crippen LogP contribution in [0.1, 0.15) is 0 Å². The Hall–Kier alpha value is -6.84. The molecule has 0 aliphatic rings. The average Bonchev–Trinajstić information content (AvgIpc) is 3.54. The fraction of sp³-hybridized carbons (Fsp3) is 0. The van der Waals surface area contributed by atoms with Crippen molar-refractivity contribution in [2.24, 2.45) is 0 Å². The highest BCUT2D eigenvalue weighted by molar-refractivity contribution is 6.10. The number of hydrogen-bond acceptors (Lipinski definition) is 2. The molecule has 0 unspecified atom stereocenters. The number of benzene rings is 8. The molecule has 0 saturated carbocycles. The summed E-state index contributed by atoms with van der Waals surface area (Å²) in [7, 11) is 0. The second-order valence-corrected chi connectivity index (χ2v) is 12.7. The van der Waals surface area contributed by atoms with Gasteiger partial charge in [-0.25, -0.2) is 0 Å². The van der Waals surface area contributed by atoms with Gasteiger partial charge in [-0.3, -0.25) is 0 Å². The molecule has 0 N–H and O–H groups in total. The zero-order valence-electron chi connectivity index (χ0n) is 28.0. The van der Waals surface area contributed by atoms with Gasteiger partial charge in [0.1, 0.15) is 0 Å². The van der Waals surface area contributed by atoms with Crippen molar-refractivity contribution < 1.29 is 0 Å². The molecule has 0 atom stereocenters. The lowest BCUT2D eigenvalue weighted by atomic mass is 10.0. The minimum atomic E-state index is 1.09. The molecule has 3 heteroatoms. The van der Waals surface area contributed by atoms with Crippen molar-refractivity contribution in [2.45, 2.75) is 0 Å². The van der Waals surface area contributed by atoms with Crippen LogP contribution in [0.15, 0.2) is 212 Å². The molecule has 0 saturated heterocycles. The van der Waals surface area contributed by atoms with Crippen molar-refractivity contribution >= 4 is 55.9 Å². The molecular weight excluding hydrogens is 619 g/mol. The predicted molar refractivity (Wildman–Crippen MR) is 216 cm³/mol. The molecule has 0 spiro atoms. The molecule has 9 rings (SSSR count). The van der Waals surface area contributed by atoms with Crippen molar-refractivity contribution in [1.82, 2.24) is 4.57 Å². The van der Waals surface area contributed by atoms with Gasteiger partial charge in [0.05, 0.1) is 11.0 Å². The molecule has 8 aromatic carbocycles. The number of nitrogens with zero attached hydrogens (tertiary/aromatic N) is 3. The number of para-hydroxylation sites is 5. The molecule has 0 radical (unpaired) electrons. The molecule has 242 valence electrons. The highest BCUT2D eigenvalue weighted by Gasteiger charge is 2.17. The summed E-state index contributed by atoms with van der Waals surface area (Å²) in [5, 5.41) is 2.51. The van der Waals surface area contributed by atoms with Gasteiger partial charge in [0.25, 0.3) is 0 Å². The molecule has 51 heavy (non-hydrogen) atoms. The first kappa shape index (κ1) is 30.2. The first-order valence-corrected chi connectivity index (χ1v) is 17.4. The minimum absolute atomic E-state index is 1.09. The highest BCUT2D eigenvalue weighted by atomic mass is 15.2. The molecule has 0 amide bonds. The predicted octanol–water partition coefficient (Wildman–Crippen LogP) is 13.4. The lowest BCUT2D eigenvalue weighted by molar-refractivity contribution is 1.18. The van der Waals surface area contributed by atoms with Crippen molar-refractivity contribution in [3.8, 4) is 16.8 Å². The molecule has 1 aromatic heterocycles. The lowest BCUT2D eigenvalue weighted by Gasteiger charge is -2.28. The van der Waals surface area contributed by atoms with Crippen molar-refractivity contribution in [3.05, 3.63) is 212 Å². The van der Waals surface area contributed by atoms with Crippen LogP contribution in [-0.4, -0.2) is 4.57 Å². The van der Waals surface area contributed by atoms with Gasteiger partial charge in [-0.15, -0.1) is 0 Å². The van der Waals surface area contributed by atoms with E-state index in [0.29, 0.717) is 0 Å². The first-order valence-electron chi connectivity index (χ1n) is 17.4. The van der Waals surface area contributed by atoms with Gasteiger partial charge >= 0.3 is 0 Å². The first-order chi connectivity index (χ1) is 25.3. The van der Waals surface area contributed by atoms with E-state index in [-0.39, 0.29) is 0 Å². The summed E-state index contributed by atoms with van der Waals surface area (Å²) >= 11 is 0. The van der Waals surface area contributed by atoms with Crippen molar-refractivity contribution in [2.75, 3.05) is 9.80 Å². The van der Waals surface area contributed by atoms with Crippen LogP contribution in [0.25, 0.3) is 38.6 Å². The van der Waals surface area contributed by atoms with E-state index in [1.54, 1.807) is 0 Å².